The maximum atomic E-state index is 13.5. The highest BCUT2D eigenvalue weighted by atomic mass is 79.9. The molecular formula is C26H20BrN3O2S. The minimum absolute atomic E-state index is 0.0904. The highest BCUT2D eigenvalue weighted by Crippen LogP contribution is 2.42. The van der Waals surface area contributed by atoms with Crippen molar-refractivity contribution in [2.45, 2.75) is 18.6 Å². The summed E-state index contributed by atoms with van der Waals surface area (Å²) in [5.41, 5.74) is 3.18. The van der Waals surface area contributed by atoms with Crippen LogP contribution in [0.1, 0.15) is 11.1 Å². The third-order valence-electron chi connectivity index (χ3n) is 5.16. The van der Waals surface area contributed by atoms with Crippen molar-refractivity contribution in [1.82, 2.24) is 0 Å². The quantitative estimate of drug-likeness (QED) is 0.341. The number of thioether (sulfide) groups is 1. The molecule has 1 heterocycles. The second-order valence-corrected chi connectivity index (χ2v) is 9.67. The fourth-order valence-corrected chi connectivity index (χ4v) is 5.04. The number of halogens is 1. The second-order valence-electron chi connectivity index (χ2n) is 7.56. The van der Waals surface area contributed by atoms with Gasteiger partial charge in [0.1, 0.15) is 16.7 Å². The summed E-state index contributed by atoms with van der Waals surface area (Å²) in [6.45, 7) is 1.96. The smallest absolute Gasteiger partial charge is 0.269 e. The number of carbonyl (C=O) groups is 2. The lowest BCUT2D eigenvalue weighted by atomic mass is 10.1. The first-order chi connectivity index (χ1) is 16.0. The summed E-state index contributed by atoms with van der Waals surface area (Å²) >= 11 is 4.63. The van der Waals surface area contributed by atoms with Gasteiger partial charge in [-0.1, -0.05) is 75.7 Å². The van der Waals surface area contributed by atoms with E-state index in [-0.39, 0.29) is 11.5 Å². The van der Waals surface area contributed by atoms with Crippen molar-refractivity contribution < 1.29 is 9.59 Å². The molecule has 1 aliphatic rings. The van der Waals surface area contributed by atoms with Crippen LogP contribution < -0.4 is 10.2 Å². The highest BCUT2D eigenvalue weighted by Gasteiger charge is 2.40. The van der Waals surface area contributed by atoms with E-state index in [0.29, 0.717) is 22.8 Å². The lowest BCUT2D eigenvalue weighted by molar-refractivity contribution is -0.117. The summed E-state index contributed by atoms with van der Waals surface area (Å²) in [6, 6.07) is 26.3. The van der Waals surface area contributed by atoms with Crippen molar-refractivity contribution >= 4 is 50.9 Å². The molecule has 0 saturated carbocycles. The Kier molecular flexibility index (Phi) is 6.97. The molecule has 0 aliphatic carbocycles. The van der Waals surface area contributed by atoms with E-state index in [4.69, 9.17) is 0 Å². The van der Waals surface area contributed by atoms with E-state index in [0.717, 1.165) is 15.6 Å². The molecule has 0 radical (unpaired) electrons. The summed E-state index contributed by atoms with van der Waals surface area (Å²) in [5.74, 6) is -0.695. The molecule has 1 aliphatic heterocycles. The predicted molar refractivity (Wildman–Crippen MR) is 136 cm³/mol. The Morgan fingerprint density at radius 3 is 2.36 bits per heavy atom. The number of nitrogens with one attached hydrogen (secondary N) is 1. The number of amides is 2. The molecule has 1 N–H and O–H groups in total. The van der Waals surface area contributed by atoms with Crippen molar-refractivity contribution in [2.24, 2.45) is 0 Å². The van der Waals surface area contributed by atoms with Crippen LogP contribution in [0.15, 0.2) is 93.9 Å². The molecular weight excluding hydrogens is 498 g/mol. The first-order valence-electron chi connectivity index (χ1n) is 10.3. The van der Waals surface area contributed by atoms with Crippen molar-refractivity contribution in [3.8, 4) is 6.07 Å². The molecule has 1 atom stereocenters. The Bertz CT molecular complexity index is 1250. The molecule has 33 heavy (non-hydrogen) atoms. The van der Waals surface area contributed by atoms with Gasteiger partial charge < -0.3 is 5.32 Å². The average Bonchev–Trinajstić information content (AvgIpc) is 3.12. The minimum atomic E-state index is -0.549. The summed E-state index contributed by atoms with van der Waals surface area (Å²) in [5, 5.41) is 12.6. The number of benzene rings is 3. The Balaban J connectivity index is 1.72. The molecule has 4 rings (SSSR count). The fourth-order valence-electron chi connectivity index (χ4n) is 3.47. The topological polar surface area (TPSA) is 73.2 Å². The normalized spacial score (nSPS) is 16.9. The van der Waals surface area contributed by atoms with Crippen LogP contribution in [0.4, 0.5) is 11.4 Å². The van der Waals surface area contributed by atoms with Gasteiger partial charge in [0, 0.05) is 15.8 Å². The van der Waals surface area contributed by atoms with Gasteiger partial charge in [-0.15, -0.1) is 0 Å². The summed E-state index contributed by atoms with van der Waals surface area (Å²) in [4.78, 5) is 28.0. The largest absolute Gasteiger partial charge is 0.321 e. The van der Waals surface area contributed by atoms with Crippen LogP contribution in [0.5, 0.6) is 0 Å². The molecule has 0 unspecified atom stereocenters. The van der Waals surface area contributed by atoms with E-state index >= 15 is 0 Å². The first kappa shape index (κ1) is 22.8. The number of hydrogen-bond donors (Lipinski definition) is 1. The highest BCUT2D eigenvalue weighted by molar-refractivity contribution is 9.10. The Hall–Kier alpha value is -3.34. The third kappa shape index (κ3) is 5.19. The molecule has 1 fully saturated rings. The van der Waals surface area contributed by atoms with Crippen LogP contribution >= 0.6 is 27.7 Å². The van der Waals surface area contributed by atoms with Crippen LogP contribution in [0.2, 0.25) is 0 Å². The lowest BCUT2D eigenvalue weighted by Gasteiger charge is -2.19. The van der Waals surface area contributed by atoms with Crippen LogP contribution in [0, 0.1) is 18.3 Å². The molecule has 3 aromatic carbocycles. The van der Waals surface area contributed by atoms with Gasteiger partial charge in [0.05, 0.1) is 5.25 Å². The summed E-state index contributed by atoms with van der Waals surface area (Å²) in [6.07, 6.45) is 0.503. The molecule has 2 amide bonds. The van der Waals surface area contributed by atoms with E-state index < -0.39 is 11.2 Å². The molecule has 7 heteroatoms. The van der Waals surface area contributed by atoms with Crippen molar-refractivity contribution in [3.05, 3.63) is 105 Å². The Labute approximate surface area is 205 Å². The van der Waals surface area contributed by atoms with Crippen LogP contribution in [-0.2, 0) is 16.0 Å². The zero-order valence-corrected chi connectivity index (χ0v) is 20.2. The number of anilines is 2. The van der Waals surface area contributed by atoms with Gasteiger partial charge in [0.2, 0.25) is 5.91 Å². The SMILES string of the molecule is Cc1ccc(N2C(=O)[C@@H](Cc3ccccc3)S/C2=C(/C#N)C(=O)Nc2ccc(Br)cc2)cc1. The molecule has 5 nitrogen and oxygen atoms in total. The van der Waals surface area contributed by atoms with E-state index in [1.165, 1.54) is 16.7 Å². The van der Waals surface area contributed by atoms with Crippen molar-refractivity contribution in [3.63, 3.8) is 0 Å². The van der Waals surface area contributed by atoms with Gasteiger partial charge in [-0.2, -0.15) is 5.26 Å². The van der Waals surface area contributed by atoms with Gasteiger partial charge in [-0.25, -0.2) is 0 Å². The van der Waals surface area contributed by atoms with E-state index in [2.05, 4.69) is 21.2 Å². The molecule has 164 valence electrons. The fraction of sp³-hybridized carbons (Fsp3) is 0.115. The molecule has 0 spiro atoms. The second kappa shape index (κ2) is 10.1. The maximum absolute atomic E-state index is 13.5. The lowest BCUT2D eigenvalue weighted by Crippen LogP contribution is -2.30. The van der Waals surface area contributed by atoms with E-state index in [1.54, 1.807) is 24.3 Å². The van der Waals surface area contributed by atoms with Gasteiger partial charge in [0.25, 0.3) is 5.91 Å². The van der Waals surface area contributed by atoms with Gasteiger partial charge in [0.15, 0.2) is 0 Å². The van der Waals surface area contributed by atoms with Crippen LogP contribution in [0.25, 0.3) is 0 Å². The first-order valence-corrected chi connectivity index (χ1v) is 12.0. The Morgan fingerprint density at radius 1 is 1.06 bits per heavy atom. The van der Waals surface area contributed by atoms with Gasteiger partial charge in [-0.05, 0) is 55.3 Å². The van der Waals surface area contributed by atoms with E-state index in [9.17, 15) is 14.9 Å². The van der Waals surface area contributed by atoms with E-state index in [1.807, 2.05) is 67.6 Å². The molecule has 3 aromatic rings. The minimum Gasteiger partial charge on any atom is -0.321 e. The van der Waals surface area contributed by atoms with Gasteiger partial charge >= 0.3 is 0 Å². The summed E-state index contributed by atoms with van der Waals surface area (Å²) in [7, 11) is 0. The van der Waals surface area contributed by atoms with Crippen LogP contribution in [0.3, 0.4) is 0 Å². The molecule has 0 aromatic heterocycles. The maximum Gasteiger partial charge on any atom is 0.269 e. The zero-order valence-electron chi connectivity index (χ0n) is 17.8. The number of rotatable bonds is 5. The molecule has 1 saturated heterocycles. The Morgan fingerprint density at radius 2 is 1.73 bits per heavy atom. The van der Waals surface area contributed by atoms with Gasteiger partial charge in [-0.3, -0.25) is 14.5 Å². The predicted octanol–water partition coefficient (Wildman–Crippen LogP) is 5.82. The van der Waals surface area contributed by atoms with Crippen LogP contribution in [-0.4, -0.2) is 17.1 Å². The number of aryl methyl sites for hydroxylation is 1. The van der Waals surface area contributed by atoms with Crippen molar-refractivity contribution in [2.75, 3.05) is 10.2 Å². The molecule has 0 bridgehead atoms. The number of nitriles is 1. The average molecular weight is 518 g/mol. The summed E-state index contributed by atoms with van der Waals surface area (Å²) < 4.78 is 0.880. The van der Waals surface area contributed by atoms with Crippen molar-refractivity contribution in [1.29, 1.82) is 5.26 Å². The number of hydrogen-bond acceptors (Lipinski definition) is 4. The zero-order chi connectivity index (χ0) is 23.4. The third-order valence-corrected chi connectivity index (χ3v) is 6.96. The number of nitrogens with zero attached hydrogens (tertiary/aromatic N) is 2. The standard InChI is InChI=1S/C26H20BrN3O2S/c1-17-7-13-21(14-8-17)30-25(32)23(15-18-5-3-2-4-6-18)33-26(30)22(16-28)24(31)29-20-11-9-19(27)10-12-20/h2-14,23H,15H2,1H3,(H,29,31)/b26-22-/t23-/m1/s1. The monoisotopic (exact) mass is 517 g/mol. The number of carbonyl (C=O) groups excluding carboxylic acids is 2.